The molecule has 0 aliphatic rings. The summed E-state index contributed by atoms with van der Waals surface area (Å²) in [6.45, 7) is 3.99. The molecular weight excluding hydrogens is 448 g/mol. The molecule has 0 spiro atoms. The quantitative estimate of drug-likeness (QED) is 0.234. The number of nitrogens with one attached hydrogen (secondary N) is 1. The molecule has 0 aliphatic heterocycles. The second kappa shape index (κ2) is 7.96. The Morgan fingerprint density at radius 1 is 1.09 bits per heavy atom. The number of hydrogen-bond donors (Lipinski definition) is 1. The zero-order chi connectivity index (χ0) is 22.4. The van der Waals surface area contributed by atoms with E-state index in [1.54, 1.807) is 16.8 Å². The number of aromatic nitrogens is 4. The summed E-state index contributed by atoms with van der Waals surface area (Å²) >= 11 is 7.44. The van der Waals surface area contributed by atoms with Crippen LogP contribution in [0.5, 0.6) is 0 Å². The SMILES string of the molecule is Cc1cc2oc(=O)cc(CSc3nc4c(cnn4-c4cccc(Cl)c4)c(=O)[nH]3)c2cc1C. The number of thioether (sulfide) groups is 1. The van der Waals surface area contributed by atoms with E-state index in [4.69, 9.17) is 16.0 Å². The number of fused-ring (bicyclic) bond motifs is 2. The van der Waals surface area contributed by atoms with Gasteiger partial charge < -0.3 is 9.40 Å². The smallest absolute Gasteiger partial charge is 0.336 e. The topological polar surface area (TPSA) is 93.8 Å². The van der Waals surface area contributed by atoms with Crippen LogP contribution in [0, 0.1) is 13.8 Å². The lowest BCUT2D eigenvalue weighted by atomic mass is 10.0. The minimum absolute atomic E-state index is 0.283. The van der Waals surface area contributed by atoms with Crippen molar-refractivity contribution in [1.82, 2.24) is 19.7 Å². The van der Waals surface area contributed by atoms with Gasteiger partial charge in [-0.15, -0.1) is 0 Å². The van der Waals surface area contributed by atoms with Gasteiger partial charge in [0.05, 0.1) is 11.9 Å². The second-order valence-electron chi connectivity index (χ2n) is 7.46. The Bertz CT molecular complexity index is 1620. The van der Waals surface area contributed by atoms with E-state index in [2.05, 4.69) is 15.1 Å². The van der Waals surface area contributed by atoms with E-state index in [0.717, 1.165) is 22.1 Å². The van der Waals surface area contributed by atoms with Crippen molar-refractivity contribution < 1.29 is 4.42 Å². The fourth-order valence-electron chi connectivity index (χ4n) is 3.51. The van der Waals surface area contributed by atoms with Gasteiger partial charge in [-0.25, -0.2) is 14.5 Å². The van der Waals surface area contributed by atoms with Gasteiger partial charge in [0.15, 0.2) is 10.8 Å². The summed E-state index contributed by atoms with van der Waals surface area (Å²) in [5.41, 5.74) is 3.97. The summed E-state index contributed by atoms with van der Waals surface area (Å²) < 4.78 is 6.95. The molecule has 5 aromatic rings. The van der Waals surface area contributed by atoms with E-state index in [9.17, 15) is 9.59 Å². The minimum atomic E-state index is -0.410. The number of aryl methyl sites for hydroxylation is 2. The molecule has 0 radical (unpaired) electrons. The zero-order valence-corrected chi connectivity index (χ0v) is 18.8. The van der Waals surface area contributed by atoms with Gasteiger partial charge in [0.25, 0.3) is 5.56 Å². The molecule has 0 aliphatic carbocycles. The lowest BCUT2D eigenvalue weighted by Crippen LogP contribution is -2.10. The molecule has 0 fully saturated rings. The van der Waals surface area contributed by atoms with Crippen molar-refractivity contribution in [2.45, 2.75) is 24.8 Å². The number of hydrogen-bond acceptors (Lipinski definition) is 6. The molecule has 32 heavy (non-hydrogen) atoms. The van der Waals surface area contributed by atoms with Crippen LogP contribution >= 0.6 is 23.4 Å². The molecule has 7 nitrogen and oxygen atoms in total. The predicted molar refractivity (Wildman–Crippen MR) is 126 cm³/mol. The van der Waals surface area contributed by atoms with Gasteiger partial charge in [-0.05, 0) is 60.9 Å². The molecule has 0 saturated heterocycles. The van der Waals surface area contributed by atoms with Gasteiger partial charge in [0.2, 0.25) is 0 Å². The minimum Gasteiger partial charge on any atom is -0.423 e. The maximum atomic E-state index is 12.6. The highest BCUT2D eigenvalue weighted by atomic mass is 35.5. The van der Waals surface area contributed by atoms with Crippen LogP contribution in [0.25, 0.3) is 27.7 Å². The first-order chi connectivity index (χ1) is 15.4. The zero-order valence-electron chi connectivity index (χ0n) is 17.2. The first-order valence-electron chi connectivity index (χ1n) is 9.80. The van der Waals surface area contributed by atoms with Crippen LogP contribution < -0.4 is 11.2 Å². The van der Waals surface area contributed by atoms with Crippen LogP contribution in [0.1, 0.15) is 16.7 Å². The monoisotopic (exact) mass is 464 g/mol. The number of halogens is 1. The summed E-state index contributed by atoms with van der Waals surface area (Å²) in [5.74, 6) is 0.435. The molecule has 0 saturated carbocycles. The number of aromatic amines is 1. The van der Waals surface area contributed by atoms with Crippen molar-refractivity contribution in [3.05, 3.63) is 91.1 Å². The average Bonchev–Trinajstić information content (AvgIpc) is 3.18. The number of rotatable bonds is 4. The summed E-state index contributed by atoms with van der Waals surface area (Å²) in [7, 11) is 0. The van der Waals surface area contributed by atoms with E-state index >= 15 is 0 Å². The summed E-state index contributed by atoms with van der Waals surface area (Å²) in [4.78, 5) is 32.1. The van der Waals surface area contributed by atoms with Crippen molar-refractivity contribution >= 4 is 45.4 Å². The Balaban J connectivity index is 1.54. The third-order valence-corrected chi connectivity index (χ3v) is 6.44. The highest BCUT2D eigenvalue weighted by Crippen LogP contribution is 2.27. The van der Waals surface area contributed by atoms with E-state index in [-0.39, 0.29) is 5.56 Å². The van der Waals surface area contributed by atoms with Crippen LogP contribution in [-0.2, 0) is 5.75 Å². The molecule has 1 N–H and O–H groups in total. The Hall–Kier alpha value is -3.36. The predicted octanol–water partition coefficient (Wildman–Crippen LogP) is 4.78. The van der Waals surface area contributed by atoms with E-state index < -0.39 is 5.63 Å². The maximum Gasteiger partial charge on any atom is 0.336 e. The summed E-state index contributed by atoms with van der Waals surface area (Å²) in [6.07, 6.45) is 1.48. The standard InChI is InChI=1S/C23H17ClN4O3S/c1-12-6-17-14(8-20(29)31-19(17)7-13(12)2)11-32-23-26-21-18(22(30)27-23)10-25-28(21)16-5-3-4-15(24)9-16/h3-10H,11H2,1-2H3,(H,26,27,30). The van der Waals surface area contributed by atoms with Crippen molar-refractivity contribution in [3.63, 3.8) is 0 Å². The van der Waals surface area contributed by atoms with Crippen molar-refractivity contribution in [1.29, 1.82) is 0 Å². The van der Waals surface area contributed by atoms with Gasteiger partial charge in [-0.1, -0.05) is 29.4 Å². The normalized spacial score (nSPS) is 11.5. The molecule has 9 heteroatoms. The second-order valence-corrected chi connectivity index (χ2v) is 8.86. The molecule has 0 atom stereocenters. The van der Waals surface area contributed by atoms with Crippen LogP contribution in [0.3, 0.4) is 0 Å². The fourth-order valence-corrected chi connectivity index (χ4v) is 4.54. The van der Waals surface area contributed by atoms with E-state index in [1.807, 2.05) is 38.1 Å². The molecule has 0 amide bonds. The lowest BCUT2D eigenvalue weighted by molar-refractivity contribution is 0.559. The molecule has 0 bridgehead atoms. The van der Waals surface area contributed by atoms with Crippen LogP contribution in [0.2, 0.25) is 5.02 Å². The van der Waals surface area contributed by atoms with Crippen LogP contribution in [-0.4, -0.2) is 19.7 Å². The average molecular weight is 465 g/mol. The molecule has 3 heterocycles. The van der Waals surface area contributed by atoms with Crippen molar-refractivity contribution in [2.24, 2.45) is 0 Å². The first kappa shape index (κ1) is 20.5. The van der Waals surface area contributed by atoms with Crippen molar-refractivity contribution in [2.75, 3.05) is 0 Å². The van der Waals surface area contributed by atoms with Crippen LogP contribution in [0.4, 0.5) is 0 Å². The number of H-pyrrole nitrogens is 1. The largest absolute Gasteiger partial charge is 0.423 e. The van der Waals surface area contributed by atoms with Gasteiger partial charge in [-0.2, -0.15) is 5.10 Å². The third kappa shape index (κ3) is 3.72. The highest BCUT2D eigenvalue weighted by Gasteiger charge is 2.14. The Labute approximate surface area is 191 Å². The third-order valence-electron chi connectivity index (χ3n) is 5.28. The van der Waals surface area contributed by atoms with Gasteiger partial charge in [0.1, 0.15) is 11.0 Å². The molecule has 2 aromatic carbocycles. The molecular formula is C23H17ClN4O3S. The lowest BCUT2D eigenvalue weighted by Gasteiger charge is -2.08. The fraction of sp³-hybridized carbons (Fsp3) is 0.130. The number of nitrogens with zero attached hydrogens (tertiary/aromatic N) is 3. The Morgan fingerprint density at radius 2 is 1.91 bits per heavy atom. The van der Waals surface area contributed by atoms with Crippen molar-refractivity contribution in [3.8, 4) is 5.69 Å². The van der Waals surface area contributed by atoms with Gasteiger partial charge in [0, 0.05) is 22.2 Å². The summed E-state index contributed by atoms with van der Waals surface area (Å²) in [6, 6.07) is 12.5. The molecule has 5 rings (SSSR count). The molecule has 0 unspecified atom stereocenters. The van der Waals surface area contributed by atoms with Gasteiger partial charge in [-0.3, -0.25) is 4.79 Å². The molecule has 160 valence electrons. The number of benzene rings is 2. The first-order valence-corrected chi connectivity index (χ1v) is 11.2. The van der Waals surface area contributed by atoms with Crippen LogP contribution in [0.15, 0.2) is 67.8 Å². The maximum absolute atomic E-state index is 12.6. The highest BCUT2D eigenvalue weighted by molar-refractivity contribution is 7.98. The molecule has 3 aromatic heterocycles. The Morgan fingerprint density at radius 3 is 2.72 bits per heavy atom. The van der Waals surface area contributed by atoms with E-state index in [1.165, 1.54) is 24.0 Å². The summed E-state index contributed by atoms with van der Waals surface area (Å²) in [5, 5.41) is 6.55. The van der Waals surface area contributed by atoms with Gasteiger partial charge >= 0.3 is 5.63 Å². The Kier molecular flexibility index (Phi) is 5.11. The van der Waals surface area contributed by atoms with E-state index in [0.29, 0.717) is 38.2 Å².